The highest BCUT2D eigenvalue weighted by Gasteiger charge is 2.40. The van der Waals surface area contributed by atoms with E-state index in [9.17, 15) is 9.59 Å². The first-order chi connectivity index (χ1) is 9.46. The highest BCUT2D eigenvalue weighted by molar-refractivity contribution is 6.11. The van der Waals surface area contributed by atoms with Gasteiger partial charge in [-0.2, -0.15) is 0 Å². The van der Waals surface area contributed by atoms with E-state index in [2.05, 4.69) is 19.2 Å². The molecule has 5 heteroatoms. The molecule has 1 aromatic rings. The quantitative estimate of drug-likeness (QED) is 0.849. The topological polar surface area (TPSA) is 58.6 Å². The van der Waals surface area contributed by atoms with Gasteiger partial charge < -0.3 is 10.1 Å². The number of ether oxygens (including phenoxy) is 1. The van der Waals surface area contributed by atoms with Gasteiger partial charge in [-0.25, -0.2) is 0 Å². The number of rotatable bonds is 1. The van der Waals surface area contributed by atoms with Crippen LogP contribution in [0.4, 0.5) is 11.4 Å². The fourth-order valence-corrected chi connectivity index (χ4v) is 2.71. The first-order valence-electron chi connectivity index (χ1n) is 6.78. The fourth-order valence-electron chi connectivity index (χ4n) is 2.71. The van der Waals surface area contributed by atoms with Gasteiger partial charge in [-0.1, -0.05) is 26.0 Å². The van der Waals surface area contributed by atoms with E-state index in [0.717, 1.165) is 5.69 Å². The van der Waals surface area contributed by atoms with Crippen LogP contribution in [0.15, 0.2) is 24.3 Å². The first-order valence-corrected chi connectivity index (χ1v) is 6.78. The molecule has 2 amide bonds. The van der Waals surface area contributed by atoms with Crippen molar-refractivity contribution in [2.24, 2.45) is 5.41 Å². The molecule has 1 fully saturated rings. The van der Waals surface area contributed by atoms with Crippen molar-refractivity contribution >= 4 is 23.2 Å². The molecular weight excluding hydrogens is 256 g/mol. The summed E-state index contributed by atoms with van der Waals surface area (Å²) in [4.78, 5) is 25.9. The number of hydrogen-bond acceptors (Lipinski definition) is 3. The molecule has 3 rings (SSSR count). The minimum Gasteiger partial charge on any atom is -0.368 e. The zero-order chi connectivity index (χ0) is 14.3. The van der Waals surface area contributed by atoms with Gasteiger partial charge in [0, 0.05) is 0 Å². The summed E-state index contributed by atoms with van der Waals surface area (Å²) in [6, 6.07) is 7.33. The van der Waals surface area contributed by atoms with Crippen LogP contribution in [0.3, 0.4) is 0 Å². The Hall–Kier alpha value is -1.88. The van der Waals surface area contributed by atoms with Crippen molar-refractivity contribution in [3.8, 4) is 0 Å². The molecule has 5 nitrogen and oxygen atoms in total. The second kappa shape index (κ2) is 4.59. The normalized spacial score (nSPS) is 24.2. The molecule has 1 N–H and O–H groups in total. The standard InChI is InChI=1S/C15H18N2O3/c1-15(2)7-12(20-9-15)14(19)17-8-13(18)16-10-5-3-4-6-11(10)17/h3-6,12H,7-9H2,1-2H3,(H,16,18). The SMILES string of the molecule is CC1(C)COC(C(=O)N2CC(=O)Nc3ccccc32)C1. The van der Waals surface area contributed by atoms with E-state index in [-0.39, 0.29) is 23.8 Å². The third-order valence-electron chi connectivity index (χ3n) is 3.73. The average Bonchev–Trinajstić information content (AvgIpc) is 2.77. The van der Waals surface area contributed by atoms with Crippen LogP contribution in [0.5, 0.6) is 0 Å². The van der Waals surface area contributed by atoms with Crippen LogP contribution in [0.1, 0.15) is 20.3 Å². The number of carbonyl (C=O) groups is 2. The lowest BCUT2D eigenvalue weighted by Crippen LogP contribution is -2.46. The zero-order valence-electron chi connectivity index (χ0n) is 11.7. The Morgan fingerprint density at radius 3 is 2.85 bits per heavy atom. The summed E-state index contributed by atoms with van der Waals surface area (Å²) in [5, 5.41) is 2.78. The Labute approximate surface area is 117 Å². The van der Waals surface area contributed by atoms with E-state index in [1.807, 2.05) is 18.2 Å². The Bertz CT molecular complexity index is 568. The number of amides is 2. The molecule has 1 aromatic carbocycles. The van der Waals surface area contributed by atoms with Crippen molar-refractivity contribution in [1.29, 1.82) is 0 Å². The van der Waals surface area contributed by atoms with E-state index in [0.29, 0.717) is 18.7 Å². The Kier molecular flexibility index (Phi) is 3.01. The number of anilines is 2. The zero-order valence-corrected chi connectivity index (χ0v) is 11.7. The van der Waals surface area contributed by atoms with Crippen LogP contribution in [0.2, 0.25) is 0 Å². The molecule has 2 aliphatic heterocycles. The monoisotopic (exact) mass is 274 g/mol. The van der Waals surface area contributed by atoms with Crippen molar-refractivity contribution in [3.05, 3.63) is 24.3 Å². The van der Waals surface area contributed by atoms with Crippen molar-refractivity contribution < 1.29 is 14.3 Å². The molecule has 0 spiro atoms. The first kappa shape index (κ1) is 13.1. The Morgan fingerprint density at radius 2 is 2.15 bits per heavy atom. The Balaban J connectivity index is 1.87. The molecule has 0 bridgehead atoms. The van der Waals surface area contributed by atoms with E-state index >= 15 is 0 Å². The molecule has 2 aliphatic rings. The van der Waals surface area contributed by atoms with Crippen LogP contribution < -0.4 is 10.2 Å². The lowest BCUT2D eigenvalue weighted by atomic mass is 9.90. The lowest BCUT2D eigenvalue weighted by Gasteiger charge is -2.30. The highest BCUT2D eigenvalue weighted by Crippen LogP contribution is 2.35. The minimum absolute atomic E-state index is 0.0118. The summed E-state index contributed by atoms with van der Waals surface area (Å²) in [5.74, 6) is -0.299. The van der Waals surface area contributed by atoms with Gasteiger partial charge in [-0.15, -0.1) is 0 Å². The van der Waals surface area contributed by atoms with Gasteiger partial charge in [0.15, 0.2) is 0 Å². The molecule has 0 radical (unpaired) electrons. The summed E-state index contributed by atoms with van der Waals surface area (Å²) in [5.41, 5.74) is 1.43. The molecule has 1 atom stereocenters. The molecule has 106 valence electrons. The second-order valence-electron chi connectivity index (χ2n) is 6.16. The molecule has 1 saturated heterocycles. The number of nitrogens with one attached hydrogen (secondary N) is 1. The van der Waals surface area contributed by atoms with Gasteiger partial charge in [0.1, 0.15) is 12.6 Å². The molecule has 2 heterocycles. The summed E-state index contributed by atoms with van der Waals surface area (Å²) in [6.07, 6.45) is 0.232. The Morgan fingerprint density at radius 1 is 1.40 bits per heavy atom. The average molecular weight is 274 g/mol. The van der Waals surface area contributed by atoms with Crippen LogP contribution >= 0.6 is 0 Å². The number of carbonyl (C=O) groups excluding carboxylic acids is 2. The number of para-hydroxylation sites is 2. The lowest BCUT2D eigenvalue weighted by molar-refractivity contribution is -0.128. The summed E-state index contributed by atoms with van der Waals surface area (Å²) < 4.78 is 5.61. The van der Waals surface area contributed by atoms with Crippen molar-refractivity contribution in [3.63, 3.8) is 0 Å². The third kappa shape index (κ3) is 2.29. The van der Waals surface area contributed by atoms with Crippen molar-refractivity contribution in [2.45, 2.75) is 26.4 Å². The fraction of sp³-hybridized carbons (Fsp3) is 0.467. The van der Waals surface area contributed by atoms with Gasteiger partial charge in [0.25, 0.3) is 5.91 Å². The molecular formula is C15H18N2O3. The second-order valence-corrected chi connectivity index (χ2v) is 6.16. The molecule has 20 heavy (non-hydrogen) atoms. The summed E-state index contributed by atoms with van der Waals surface area (Å²) >= 11 is 0. The van der Waals surface area contributed by atoms with Crippen LogP contribution in [0.25, 0.3) is 0 Å². The summed E-state index contributed by atoms with van der Waals surface area (Å²) in [6.45, 7) is 4.79. The van der Waals surface area contributed by atoms with Crippen LogP contribution in [-0.2, 0) is 14.3 Å². The molecule has 0 aromatic heterocycles. The van der Waals surface area contributed by atoms with Crippen LogP contribution in [-0.4, -0.2) is 31.1 Å². The highest BCUT2D eigenvalue weighted by atomic mass is 16.5. The largest absolute Gasteiger partial charge is 0.368 e. The summed E-state index contributed by atoms with van der Waals surface area (Å²) in [7, 11) is 0. The van der Waals surface area contributed by atoms with E-state index in [1.165, 1.54) is 4.90 Å². The van der Waals surface area contributed by atoms with Crippen molar-refractivity contribution in [1.82, 2.24) is 0 Å². The van der Waals surface area contributed by atoms with Gasteiger partial charge >= 0.3 is 0 Å². The van der Waals surface area contributed by atoms with Gasteiger partial charge in [0.05, 0.1) is 18.0 Å². The maximum absolute atomic E-state index is 12.6. The van der Waals surface area contributed by atoms with Gasteiger partial charge in [0.2, 0.25) is 5.91 Å². The van der Waals surface area contributed by atoms with Gasteiger partial charge in [-0.3, -0.25) is 14.5 Å². The third-order valence-corrected chi connectivity index (χ3v) is 3.73. The molecule has 0 aliphatic carbocycles. The van der Waals surface area contributed by atoms with E-state index in [4.69, 9.17) is 4.74 Å². The predicted octanol–water partition coefficient (Wildman–Crippen LogP) is 1.79. The predicted molar refractivity (Wildman–Crippen MR) is 75.6 cm³/mol. The number of fused-ring (bicyclic) bond motifs is 1. The number of nitrogens with zero attached hydrogens (tertiary/aromatic N) is 1. The number of hydrogen-bond donors (Lipinski definition) is 1. The van der Waals surface area contributed by atoms with Gasteiger partial charge in [-0.05, 0) is 24.0 Å². The molecule has 1 unspecified atom stereocenters. The van der Waals surface area contributed by atoms with Crippen LogP contribution in [0, 0.1) is 5.41 Å². The van der Waals surface area contributed by atoms with Crippen molar-refractivity contribution in [2.75, 3.05) is 23.4 Å². The molecule has 0 saturated carbocycles. The maximum Gasteiger partial charge on any atom is 0.256 e. The maximum atomic E-state index is 12.6. The van der Waals surface area contributed by atoms with E-state index < -0.39 is 6.10 Å². The minimum atomic E-state index is -0.455. The van der Waals surface area contributed by atoms with E-state index in [1.54, 1.807) is 6.07 Å². The number of benzene rings is 1. The smallest absolute Gasteiger partial charge is 0.256 e.